The molecule has 0 bridgehead atoms. The average molecular weight is 363 g/mol. The zero-order chi connectivity index (χ0) is 17.8. The fraction of sp³-hybridized carbons (Fsp3) is 0.421. The summed E-state index contributed by atoms with van der Waals surface area (Å²) in [6.45, 7) is 8.44. The molecule has 0 atom stereocenters. The summed E-state index contributed by atoms with van der Waals surface area (Å²) in [5.41, 5.74) is 0.810. The standard InChI is InChI=1S/C19H23ClN2O3/c1-2-7-21-8-10-22(11-9-21)13-15-4-6-18(25-15)14-3-5-17(20)16(12-14)19(23)24/h3-6,12H,2,7-11,13H2,1H3,(H,23,24). The Morgan fingerprint density at radius 1 is 1.16 bits per heavy atom. The van der Waals surface area contributed by atoms with Crippen LogP contribution < -0.4 is 0 Å². The molecule has 1 fully saturated rings. The van der Waals surface area contributed by atoms with Crippen LogP contribution >= 0.6 is 11.6 Å². The lowest BCUT2D eigenvalue weighted by molar-refractivity contribution is 0.0697. The van der Waals surface area contributed by atoms with Gasteiger partial charge in [0.25, 0.3) is 0 Å². The number of furan rings is 1. The summed E-state index contributed by atoms with van der Waals surface area (Å²) in [5, 5.41) is 9.42. The van der Waals surface area contributed by atoms with Crippen LogP contribution in [0.1, 0.15) is 29.5 Å². The highest BCUT2D eigenvalue weighted by Gasteiger charge is 2.18. The first-order chi connectivity index (χ1) is 12.1. The second kappa shape index (κ2) is 8.04. The number of hydrogen-bond donors (Lipinski definition) is 1. The van der Waals surface area contributed by atoms with Crippen LogP contribution in [0.25, 0.3) is 11.3 Å². The molecule has 2 heterocycles. The quantitative estimate of drug-likeness (QED) is 0.846. The third kappa shape index (κ3) is 4.42. The molecule has 0 aliphatic carbocycles. The van der Waals surface area contributed by atoms with Gasteiger partial charge in [0, 0.05) is 31.7 Å². The molecule has 1 aliphatic rings. The summed E-state index contributed by atoms with van der Waals surface area (Å²) < 4.78 is 5.93. The Hall–Kier alpha value is -1.82. The predicted octanol–water partition coefficient (Wildman–Crippen LogP) is 3.83. The van der Waals surface area contributed by atoms with E-state index < -0.39 is 5.97 Å². The molecule has 1 aromatic heterocycles. The van der Waals surface area contributed by atoms with E-state index in [2.05, 4.69) is 16.7 Å². The Balaban J connectivity index is 1.65. The van der Waals surface area contributed by atoms with Crippen molar-refractivity contribution < 1.29 is 14.3 Å². The van der Waals surface area contributed by atoms with Crippen LogP contribution in [0, 0.1) is 0 Å². The van der Waals surface area contributed by atoms with Crippen molar-refractivity contribution >= 4 is 17.6 Å². The first kappa shape index (κ1) is 18.0. The molecule has 1 N–H and O–H groups in total. The van der Waals surface area contributed by atoms with Gasteiger partial charge in [-0.25, -0.2) is 4.79 Å². The highest BCUT2D eigenvalue weighted by Crippen LogP contribution is 2.27. The zero-order valence-corrected chi connectivity index (χ0v) is 15.1. The number of halogens is 1. The number of hydrogen-bond acceptors (Lipinski definition) is 4. The van der Waals surface area contributed by atoms with E-state index in [-0.39, 0.29) is 10.6 Å². The third-order valence-corrected chi connectivity index (χ3v) is 4.86. The van der Waals surface area contributed by atoms with Gasteiger partial charge in [0.2, 0.25) is 0 Å². The molecule has 3 rings (SSSR count). The van der Waals surface area contributed by atoms with Crippen LogP contribution in [0.2, 0.25) is 5.02 Å². The highest BCUT2D eigenvalue weighted by atomic mass is 35.5. The number of piperazine rings is 1. The number of carbonyl (C=O) groups is 1. The molecule has 6 heteroatoms. The van der Waals surface area contributed by atoms with Crippen LogP contribution in [0.5, 0.6) is 0 Å². The minimum Gasteiger partial charge on any atom is -0.478 e. The van der Waals surface area contributed by atoms with Gasteiger partial charge in [-0.3, -0.25) is 4.90 Å². The molecule has 0 spiro atoms. The Morgan fingerprint density at radius 2 is 1.88 bits per heavy atom. The summed E-state index contributed by atoms with van der Waals surface area (Å²) in [7, 11) is 0. The molecule has 134 valence electrons. The van der Waals surface area contributed by atoms with Gasteiger partial charge in [-0.05, 0) is 43.3 Å². The SMILES string of the molecule is CCCN1CCN(Cc2ccc(-c3ccc(Cl)c(C(=O)O)c3)o2)CC1. The van der Waals surface area contributed by atoms with Crippen LogP contribution in [0.3, 0.4) is 0 Å². The molecule has 0 radical (unpaired) electrons. The van der Waals surface area contributed by atoms with E-state index in [0.717, 1.165) is 44.0 Å². The molecular formula is C19H23ClN2O3. The van der Waals surface area contributed by atoms with Gasteiger partial charge in [0.1, 0.15) is 11.5 Å². The summed E-state index contributed by atoms with van der Waals surface area (Å²) in [6.07, 6.45) is 1.20. The van der Waals surface area contributed by atoms with E-state index >= 15 is 0 Å². The molecule has 2 aromatic rings. The lowest BCUT2D eigenvalue weighted by atomic mass is 10.1. The first-order valence-electron chi connectivity index (χ1n) is 8.63. The van der Waals surface area contributed by atoms with E-state index in [1.54, 1.807) is 18.2 Å². The monoisotopic (exact) mass is 362 g/mol. The van der Waals surface area contributed by atoms with E-state index in [4.69, 9.17) is 16.0 Å². The lowest BCUT2D eigenvalue weighted by Crippen LogP contribution is -2.45. The Labute approximate surface area is 152 Å². The van der Waals surface area contributed by atoms with Crippen molar-refractivity contribution in [3.8, 4) is 11.3 Å². The maximum atomic E-state index is 11.2. The van der Waals surface area contributed by atoms with Crippen molar-refractivity contribution in [3.05, 3.63) is 46.7 Å². The Kier molecular flexibility index (Phi) is 5.78. The predicted molar refractivity (Wildman–Crippen MR) is 98.1 cm³/mol. The van der Waals surface area contributed by atoms with Crippen molar-refractivity contribution in [2.45, 2.75) is 19.9 Å². The van der Waals surface area contributed by atoms with Crippen LogP contribution in [0.15, 0.2) is 34.7 Å². The zero-order valence-electron chi connectivity index (χ0n) is 14.4. The number of nitrogens with zero attached hydrogens (tertiary/aromatic N) is 2. The highest BCUT2D eigenvalue weighted by molar-refractivity contribution is 6.33. The molecule has 0 unspecified atom stereocenters. The molecular weight excluding hydrogens is 340 g/mol. The second-order valence-corrected chi connectivity index (χ2v) is 6.79. The van der Waals surface area contributed by atoms with E-state index in [9.17, 15) is 9.90 Å². The average Bonchev–Trinajstić information content (AvgIpc) is 3.05. The third-order valence-electron chi connectivity index (χ3n) is 4.53. The molecule has 0 amide bonds. The Bertz CT molecular complexity index is 736. The topological polar surface area (TPSA) is 56.9 Å². The lowest BCUT2D eigenvalue weighted by Gasteiger charge is -2.33. The summed E-state index contributed by atoms with van der Waals surface area (Å²) >= 11 is 5.92. The van der Waals surface area contributed by atoms with Crippen LogP contribution in [-0.2, 0) is 6.54 Å². The van der Waals surface area contributed by atoms with Gasteiger partial charge in [0.15, 0.2) is 0 Å². The molecule has 1 aliphatic heterocycles. The van der Waals surface area contributed by atoms with Gasteiger partial charge in [0.05, 0.1) is 17.1 Å². The van der Waals surface area contributed by atoms with E-state index in [1.165, 1.54) is 13.0 Å². The maximum absolute atomic E-state index is 11.2. The molecule has 1 saturated heterocycles. The molecule has 5 nitrogen and oxygen atoms in total. The number of rotatable bonds is 6. The van der Waals surface area contributed by atoms with Gasteiger partial charge in [-0.15, -0.1) is 0 Å². The van der Waals surface area contributed by atoms with Crippen molar-refractivity contribution in [1.29, 1.82) is 0 Å². The number of carboxylic acids is 1. The van der Waals surface area contributed by atoms with E-state index in [1.807, 2.05) is 12.1 Å². The first-order valence-corrected chi connectivity index (χ1v) is 9.01. The summed E-state index contributed by atoms with van der Waals surface area (Å²) in [4.78, 5) is 16.1. The van der Waals surface area contributed by atoms with Gasteiger partial charge in [-0.2, -0.15) is 0 Å². The molecule has 25 heavy (non-hydrogen) atoms. The van der Waals surface area contributed by atoms with Crippen molar-refractivity contribution in [3.63, 3.8) is 0 Å². The fourth-order valence-corrected chi connectivity index (χ4v) is 3.37. The largest absolute Gasteiger partial charge is 0.478 e. The Morgan fingerprint density at radius 3 is 2.56 bits per heavy atom. The molecule has 0 saturated carbocycles. The van der Waals surface area contributed by atoms with Gasteiger partial charge < -0.3 is 14.4 Å². The maximum Gasteiger partial charge on any atom is 0.337 e. The fourth-order valence-electron chi connectivity index (χ4n) is 3.17. The van der Waals surface area contributed by atoms with Crippen molar-refractivity contribution in [2.75, 3.05) is 32.7 Å². The minimum absolute atomic E-state index is 0.0872. The van der Waals surface area contributed by atoms with Gasteiger partial charge >= 0.3 is 5.97 Å². The normalized spacial score (nSPS) is 16.2. The summed E-state index contributed by atoms with van der Waals surface area (Å²) in [5.74, 6) is 0.521. The number of benzene rings is 1. The smallest absolute Gasteiger partial charge is 0.337 e. The van der Waals surface area contributed by atoms with Gasteiger partial charge in [-0.1, -0.05) is 18.5 Å². The number of aromatic carboxylic acids is 1. The van der Waals surface area contributed by atoms with Crippen LogP contribution in [-0.4, -0.2) is 53.6 Å². The second-order valence-electron chi connectivity index (χ2n) is 6.38. The van der Waals surface area contributed by atoms with Crippen molar-refractivity contribution in [1.82, 2.24) is 9.80 Å². The van der Waals surface area contributed by atoms with Crippen LogP contribution in [0.4, 0.5) is 0 Å². The van der Waals surface area contributed by atoms with E-state index in [0.29, 0.717) is 5.76 Å². The molecule has 1 aromatic carbocycles. The number of carboxylic acid groups (broad SMARTS) is 1. The summed E-state index contributed by atoms with van der Waals surface area (Å²) in [6, 6.07) is 8.77. The van der Waals surface area contributed by atoms with Crippen molar-refractivity contribution in [2.24, 2.45) is 0 Å². The minimum atomic E-state index is -1.04.